The van der Waals surface area contributed by atoms with Gasteiger partial charge in [0.25, 0.3) is 0 Å². The van der Waals surface area contributed by atoms with E-state index in [1.807, 2.05) is 6.07 Å². The lowest BCUT2D eigenvalue weighted by Gasteiger charge is -2.17. The van der Waals surface area contributed by atoms with E-state index in [1.165, 1.54) is 4.31 Å². The third-order valence-electron chi connectivity index (χ3n) is 2.64. The lowest BCUT2D eigenvalue weighted by Crippen LogP contribution is -2.27. The van der Waals surface area contributed by atoms with Crippen molar-refractivity contribution in [3.8, 4) is 0 Å². The van der Waals surface area contributed by atoms with Crippen molar-refractivity contribution in [3.63, 3.8) is 0 Å². The molecule has 19 heavy (non-hydrogen) atoms. The van der Waals surface area contributed by atoms with Crippen LogP contribution in [0.1, 0.15) is 5.69 Å². The highest BCUT2D eigenvalue weighted by Crippen LogP contribution is 2.24. The summed E-state index contributed by atoms with van der Waals surface area (Å²) in [5.41, 5.74) is 0.709. The standard InChI is InChI=1S/C13H13BrN2O2S/c1-16(10-11-6-4-5-9-15-11)19(17,18)13-8-3-2-7-12(13)14/h2-9H,10H2,1H3. The topological polar surface area (TPSA) is 50.3 Å². The molecule has 0 saturated heterocycles. The van der Waals surface area contributed by atoms with Crippen LogP contribution in [0.2, 0.25) is 0 Å². The molecule has 0 unspecified atom stereocenters. The summed E-state index contributed by atoms with van der Waals surface area (Å²) in [6, 6.07) is 12.2. The largest absolute Gasteiger partial charge is 0.260 e. The molecule has 4 nitrogen and oxygen atoms in total. The van der Waals surface area contributed by atoms with E-state index < -0.39 is 10.0 Å². The highest BCUT2D eigenvalue weighted by Gasteiger charge is 2.23. The molecule has 0 fully saturated rings. The van der Waals surface area contributed by atoms with E-state index >= 15 is 0 Å². The second-order valence-corrected chi connectivity index (χ2v) is 6.88. The number of rotatable bonds is 4. The van der Waals surface area contributed by atoms with Crippen LogP contribution in [0.3, 0.4) is 0 Å². The van der Waals surface area contributed by atoms with Crippen LogP contribution >= 0.6 is 15.9 Å². The van der Waals surface area contributed by atoms with Crippen LogP contribution in [0.5, 0.6) is 0 Å². The molecule has 2 aromatic rings. The predicted molar refractivity (Wildman–Crippen MR) is 77.0 cm³/mol. The van der Waals surface area contributed by atoms with Crippen molar-refractivity contribution in [1.82, 2.24) is 9.29 Å². The van der Waals surface area contributed by atoms with Crippen molar-refractivity contribution in [1.29, 1.82) is 0 Å². The molecule has 1 heterocycles. The van der Waals surface area contributed by atoms with Crippen LogP contribution in [0.4, 0.5) is 0 Å². The molecule has 0 saturated carbocycles. The number of halogens is 1. The molecule has 1 aromatic carbocycles. The molecular formula is C13H13BrN2O2S. The number of aromatic nitrogens is 1. The number of sulfonamides is 1. The number of benzene rings is 1. The Bertz CT molecular complexity index is 659. The number of pyridine rings is 1. The summed E-state index contributed by atoms with van der Waals surface area (Å²) < 4.78 is 26.7. The molecular weight excluding hydrogens is 328 g/mol. The highest BCUT2D eigenvalue weighted by atomic mass is 79.9. The van der Waals surface area contributed by atoms with Gasteiger partial charge < -0.3 is 0 Å². The molecule has 0 spiro atoms. The van der Waals surface area contributed by atoms with E-state index in [2.05, 4.69) is 20.9 Å². The lowest BCUT2D eigenvalue weighted by atomic mass is 10.3. The van der Waals surface area contributed by atoms with Gasteiger partial charge in [0.2, 0.25) is 10.0 Å². The summed E-state index contributed by atoms with van der Waals surface area (Å²) in [6.45, 7) is 0.241. The summed E-state index contributed by atoms with van der Waals surface area (Å²) >= 11 is 3.26. The Morgan fingerprint density at radius 3 is 2.47 bits per heavy atom. The summed E-state index contributed by atoms with van der Waals surface area (Å²) in [5.74, 6) is 0. The van der Waals surface area contributed by atoms with Gasteiger partial charge in [-0.2, -0.15) is 4.31 Å². The lowest BCUT2D eigenvalue weighted by molar-refractivity contribution is 0.462. The predicted octanol–water partition coefficient (Wildman–Crippen LogP) is 2.66. The van der Waals surface area contributed by atoms with Gasteiger partial charge in [-0.05, 0) is 40.2 Å². The van der Waals surface area contributed by atoms with Gasteiger partial charge in [-0.1, -0.05) is 18.2 Å². The van der Waals surface area contributed by atoms with Crippen LogP contribution in [-0.2, 0) is 16.6 Å². The smallest absolute Gasteiger partial charge is 0.244 e. The van der Waals surface area contributed by atoms with E-state index in [1.54, 1.807) is 49.6 Å². The Labute approximate surface area is 121 Å². The summed E-state index contributed by atoms with van der Waals surface area (Å²) in [7, 11) is -1.98. The fourth-order valence-electron chi connectivity index (χ4n) is 1.63. The summed E-state index contributed by atoms with van der Waals surface area (Å²) in [4.78, 5) is 4.39. The average molecular weight is 341 g/mol. The van der Waals surface area contributed by atoms with Gasteiger partial charge in [0.1, 0.15) is 0 Å². The zero-order chi connectivity index (χ0) is 13.9. The Morgan fingerprint density at radius 2 is 1.84 bits per heavy atom. The Kier molecular flexibility index (Phi) is 4.34. The second-order valence-electron chi connectivity index (χ2n) is 4.01. The highest BCUT2D eigenvalue weighted by molar-refractivity contribution is 9.10. The average Bonchev–Trinajstić information content (AvgIpc) is 2.40. The molecule has 0 radical (unpaired) electrons. The van der Waals surface area contributed by atoms with Crippen molar-refractivity contribution in [3.05, 3.63) is 58.8 Å². The van der Waals surface area contributed by atoms with Crippen molar-refractivity contribution in [2.45, 2.75) is 11.4 Å². The zero-order valence-corrected chi connectivity index (χ0v) is 12.7. The summed E-state index contributed by atoms with van der Waals surface area (Å²) in [6.07, 6.45) is 1.65. The molecule has 0 aliphatic carbocycles. The van der Waals surface area contributed by atoms with E-state index in [0.717, 1.165) is 0 Å². The number of hydrogen-bond acceptors (Lipinski definition) is 3. The second kappa shape index (κ2) is 5.81. The SMILES string of the molecule is CN(Cc1ccccn1)S(=O)(=O)c1ccccc1Br. The molecule has 100 valence electrons. The number of hydrogen-bond donors (Lipinski definition) is 0. The molecule has 6 heteroatoms. The van der Waals surface area contributed by atoms with E-state index in [0.29, 0.717) is 10.2 Å². The van der Waals surface area contributed by atoms with Gasteiger partial charge in [-0.15, -0.1) is 0 Å². The molecule has 2 rings (SSSR count). The third-order valence-corrected chi connectivity index (χ3v) is 5.45. The van der Waals surface area contributed by atoms with Gasteiger partial charge in [0.05, 0.1) is 17.1 Å². The maximum absolute atomic E-state index is 12.4. The van der Waals surface area contributed by atoms with Gasteiger partial charge in [0, 0.05) is 17.7 Å². The Hall–Kier alpha value is -1.24. The van der Waals surface area contributed by atoms with E-state index in [9.17, 15) is 8.42 Å². The first kappa shape index (κ1) is 14.2. The molecule has 0 bridgehead atoms. The van der Waals surface area contributed by atoms with Crippen molar-refractivity contribution in [2.24, 2.45) is 0 Å². The fourth-order valence-corrected chi connectivity index (χ4v) is 3.73. The Morgan fingerprint density at radius 1 is 1.16 bits per heavy atom. The normalized spacial score (nSPS) is 11.7. The molecule has 0 aliphatic heterocycles. The van der Waals surface area contributed by atoms with Crippen LogP contribution < -0.4 is 0 Å². The first-order valence-electron chi connectivity index (χ1n) is 5.62. The first-order chi connectivity index (χ1) is 9.01. The van der Waals surface area contributed by atoms with Crippen LogP contribution in [0.25, 0.3) is 0 Å². The minimum Gasteiger partial charge on any atom is -0.260 e. The first-order valence-corrected chi connectivity index (χ1v) is 7.86. The molecule has 0 amide bonds. The minimum atomic E-state index is -3.52. The third kappa shape index (κ3) is 3.20. The molecule has 1 aromatic heterocycles. The van der Waals surface area contributed by atoms with Gasteiger partial charge in [0.15, 0.2) is 0 Å². The van der Waals surface area contributed by atoms with E-state index in [4.69, 9.17) is 0 Å². The van der Waals surface area contributed by atoms with Crippen LogP contribution in [0.15, 0.2) is 58.0 Å². The minimum absolute atomic E-state index is 0.241. The van der Waals surface area contributed by atoms with Crippen molar-refractivity contribution >= 4 is 26.0 Å². The maximum atomic E-state index is 12.4. The fraction of sp³-hybridized carbons (Fsp3) is 0.154. The van der Waals surface area contributed by atoms with Gasteiger partial charge in [-0.3, -0.25) is 4.98 Å². The van der Waals surface area contributed by atoms with Crippen molar-refractivity contribution < 1.29 is 8.42 Å². The quantitative estimate of drug-likeness (QED) is 0.859. The number of nitrogens with zero attached hydrogens (tertiary/aromatic N) is 2. The molecule has 0 N–H and O–H groups in total. The molecule has 0 atom stereocenters. The zero-order valence-electron chi connectivity index (χ0n) is 10.3. The van der Waals surface area contributed by atoms with Crippen LogP contribution in [0, 0.1) is 0 Å². The summed E-state index contributed by atoms with van der Waals surface area (Å²) in [5, 5.41) is 0. The van der Waals surface area contributed by atoms with Gasteiger partial charge >= 0.3 is 0 Å². The van der Waals surface area contributed by atoms with E-state index in [-0.39, 0.29) is 11.4 Å². The molecule has 0 aliphatic rings. The Balaban J connectivity index is 2.28. The van der Waals surface area contributed by atoms with Crippen LogP contribution in [-0.4, -0.2) is 24.8 Å². The maximum Gasteiger partial charge on any atom is 0.244 e. The van der Waals surface area contributed by atoms with Crippen molar-refractivity contribution in [2.75, 3.05) is 7.05 Å². The monoisotopic (exact) mass is 340 g/mol. The van der Waals surface area contributed by atoms with Gasteiger partial charge in [-0.25, -0.2) is 8.42 Å².